The number of rotatable bonds is 1. The number of nitriles is 3. The molecule has 0 radical (unpaired) electrons. The molecule has 4 atom stereocenters. The van der Waals surface area contributed by atoms with Crippen LogP contribution in [0.2, 0.25) is 0 Å². The van der Waals surface area contributed by atoms with Gasteiger partial charge in [0.15, 0.2) is 0 Å². The van der Waals surface area contributed by atoms with Gasteiger partial charge >= 0.3 is 0 Å². The van der Waals surface area contributed by atoms with Gasteiger partial charge in [0.1, 0.15) is 11.5 Å². The van der Waals surface area contributed by atoms with Crippen LogP contribution in [0.5, 0.6) is 0 Å². The van der Waals surface area contributed by atoms with E-state index in [-0.39, 0.29) is 28.7 Å². The maximum absolute atomic E-state index is 9.65. The van der Waals surface area contributed by atoms with E-state index in [2.05, 4.69) is 12.1 Å². The van der Waals surface area contributed by atoms with Crippen LogP contribution in [-0.4, -0.2) is 6.04 Å². The molecule has 0 heterocycles. The molecule has 4 unspecified atom stereocenters. The van der Waals surface area contributed by atoms with Gasteiger partial charge in [-0.2, -0.15) is 15.8 Å². The molecule has 4 N–H and O–H groups in total. The molecule has 0 spiro atoms. The molecule has 1 saturated carbocycles. The van der Waals surface area contributed by atoms with Gasteiger partial charge in [-0.1, -0.05) is 13.8 Å². The topological polar surface area (TPSA) is 123 Å². The van der Waals surface area contributed by atoms with Gasteiger partial charge in [-0.05, 0) is 23.8 Å². The van der Waals surface area contributed by atoms with Crippen LogP contribution in [0.25, 0.3) is 0 Å². The fourth-order valence-corrected chi connectivity index (χ4v) is 3.58. The molecule has 0 aromatic rings. The van der Waals surface area contributed by atoms with Crippen LogP contribution in [0.15, 0.2) is 22.4 Å². The van der Waals surface area contributed by atoms with Crippen LogP contribution in [0, 0.1) is 51.2 Å². The van der Waals surface area contributed by atoms with Crippen molar-refractivity contribution in [3.8, 4) is 18.2 Å². The van der Waals surface area contributed by atoms with Gasteiger partial charge in [-0.25, -0.2) is 0 Å². The summed E-state index contributed by atoms with van der Waals surface area (Å²) in [5, 5.41) is 28.3. The molecule has 0 saturated heterocycles. The third-order valence-corrected chi connectivity index (χ3v) is 4.54. The van der Waals surface area contributed by atoms with E-state index in [0.717, 1.165) is 6.42 Å². The van der Waals surface area contributed by atoms with Gasteiger partial charge < -0.3 is 11.5 Å². The van der Waals surface area contributed by atoms with Crippen LogP contribution in [0.3, 0.4) is 0 Å². The van der Waals surface area contributed by atoms with E-state index in [1.165, 1.54) is 0 Å². The quantitative estimate of drug-likeness (QED) is 0.723. The second-order valence-corrected chi connectivity index (χ2v) is 5.12. The highest BCUT2D eigenvalue weighted by Gasteiger charge is 2.61. The van der Waals surface area contributed by atoms with Crippen LogP contribution in [-0.2, 0) is 0 Å². The summed E-state index contributed by atoms with van der Waals surface area (Å²) in [4.78, 5) is 0. The Labute approximate surface area is 112 Å². The summed E-state index contributed by atoms with van der Waals surface area (Å²) < 4.78 is 0. The zero-order valence-corrected chi connectivity index (χ0v) is 10.9. The summed E-state index contributed by atoms with van der Waals surface area (Å²) in [6, 6.07) is 5.73. The predicted octanol–water partition coefficient (Wildman–Crippen LogP) is 1.07. The number of nitrogens with two attached hydrogens (primary N) is 2. The number of hydrogen-bond acceptors (Lipinski definition) is 5. The zero-order chi connectivity index (χ0) is 14.4. The molecule has 19 heavy (non-hydrogen) atoms. The summed E-state index contributed by atoms with van der Waals surface area (Å²) in [7, 11) is 0. The minimum absolute atomic E-state index is 0.0219. The zero-order valence-electron chi connectivity index (χ0n) is 10.9. The Morgan fingerprint density at radius 1 is 1.26 bits per heavy atom. The molecule has 2 rings (SSSR count). The molecule has 2 aliphatic carbocycles. The van der Waals surface area contributed by atoms with E-state index in [1.54, 1.807) is 0 Å². The van der Waals surface area contributed by atoms with Crippen molar-refractivity contribution >= 4 is 0 Å². The normalized spacial score (nSPS) is 36.7. The van der Waals surface area contributed by atoms with Crippen molar-refractivity contribution < 1.29 is 0 Å². The SMILES string of the molecule is CCC1C2=C(C#N)C(N)=C(C#N)C2(C#N)C(N)C1C. The first-order chi connectivity index (χ1) is 9.00. The van der Waals surface area contributed by atoms with Crippen molar-refractivity contribution in [2.24, 2.45) is 28.7 Å². The van der Waals surface area contributed by atoms with Crippen molar-refractivity contribution in [1.82, 2.24) is 0 Å². The molecule has 2 aliphatic rings. The number of allylic oxidation sites excluding steroid dienone is 1. The lowest BCUT2D eigenvalue weighted by Crippen LogP contribution is -2.40. The van der Waals surface area contributed by atoms with E-state index in [4.69, 9.17) is 11.5 Å². The summed E-state index contributed by atoms with van der Waals surface area (Å²) in [6.07, 6.45) is 0.769. The van der Waals surface area contributed by atoms with E-state index < -0.39 is 11.5 Å². The Morgan fingerprint density at radius 2 is 1.89 bits per heavy atom. The molecule has 0 aromatic carbocycles. The molecule has 5 heteroatoms. The summed E-state index contributed by atoms with van der Waals surface area (Å²) in [5.74, 6) is 0.0631. The van der Waals surface area contributed by atoms with E-state index in [1.807, 2.05) is 19.9 Å². The van der Waals surface area contributed by atoms with Crippen molar-refractivity contribution in [2.75, 3.05) is 0 Å². The first-order valence-electron chi connectivity index (χ1n) is 6.23. The van der Waals surface area contributed by atoms with Crippen LogP contribution in [0.1, 0.15) is 20.3 Å². The first-order valence-corrected chi connectivity index (χ1v) is 6.23. The molecule has 96 valence electrons. The largest absolute Gasteiger partial charge is 0.397 e. The van der Waals surface area contributed by atoms with Crippen molar-refractivity contribution in [3.63, 3.8) is 0 Å². The highest BCUT2D eigenvalue weighted by Crippen LogP contribution is 2.59. The first kappa shape index (κ1) is 13.1. The Balaban J connectivity index is 2.84. The molecule has 5 nitrogen and oxygen atoms in total. The summed E-state index contributed by atoms with van der Waals surface area (Å²) in [6.45, 7) is 3.95. The van der Waals surface area contributed by atoms with E-state index in [0.29, 0.717) is 5.57 Å². The molecular formula is C14H15N5. The van der Waals surface area contributed by atoms with Crippen molar-refractivity contribution in [3.05, 3.63) is 22.4 Å². The lowest BCUT2D eigenvalue weighted by molar-refractivity contribution is 0.372. The van der Waals surface area contributed by atoms with Gasteiger partial charge in [0.2, 0.25) is 0 Å². The summed E-state index contributed by atoms with van der Waals surface area (Å²) in [5.41, 5.74) is 12.1. The van der Waals surface area contributed by atoms with Crippen LogP contribution in [0.4, 0.5) is 0 Å². The number of nitrogens with zero attached hydrogens (tertiary/aromatic N) is 3. The highest BCUT2D eigenvalue weighted by atomic mass is 14.8. The van der Waals surface area contributed by atoms with Gasteiger partial charge in [0.25, 0.3) is 0 Å². The molecular weight excluding hydrogens is 238 g/mol. The Bertz CT molecular complexity index is 622. The minimum Gasteiger partial charge on any atom is -0.397 e. The highest BCUT2D eigenvalue weighted by molar-refractivity contribution is 5.68. The van der Waals surface area contributed by atoms with Crippen LogP contribution < -0.4 is 11.5 Å². The van der Waals surface area contributed by atoms with Gasteiger partial charge in [-0.3, -0.25) is 0 Å². The molecule has 1 fully saturated rings. The molecule has 0 bridgehead atoms. The van der Waals surface area contributed by atoms with E-state index in [9.17, 15) is 15.8 Å². The van der Waals surface area contributed by atoms with Crippen LogP contribution >= 0.6 is 0 Å². The van der Waals surface area contributed by atoms with Gasteiger partial charge in [-0.15, -0.1) is 0 Å². The predicted molar refractivity (Wildman–Crippen MR) is 68.4 cm³/mol. The Kier molecular flexibility index (Phi) is 2.85. The Hall–Kier alpha value is -2.29. The maximum Gasteiger partial charge on any atom is 0.132 e. The van der Waals surface area contributed by atoms with Gasteiger partial charge in [0.05, 0.1) is 29.0 Å². The fraction of sp³-hybridized carbons (Fsp3) is 0.500. The summed E-state index contributed by atoms with van der Waals surface area (Å²) >= 11 is 0. The average molecular weight is 253 g/mol. The van der Waals surface area contributed by atoms with E-state index >= 15 is 0 Å². The van der Waals surface area contributed by atoms with Crippen molar-refractivity contribution in [2.45, 2.75) is 26.3 Å². The average Bonchev–Trinajstić information content (AvgIpc) is 2.78. The number of fused-ring (bicyclic) bond motifs is 1. The lowest BCUT2D eigenvalue weighted by Gasteiger charge is -2.25. The second-order valence-electron chi connectivity index (χ2n) is 5.12. The standard InChI is InChI=1S/C14H15N5/c1-3-8-7(2)13(19)14(6-17)10(5-16)12(18)9(4-15)11(8)14/h7-8,13H,3,18-19H2,1-2H3. The molecule has 0 amide bonds. The van der Waals surface area contributed by atoms with Gasteiger partial charge in [0, 0.05) is 6.04 Å². The maximum atomic E-state index is 9.65. The monoisotopic (exact) mass is 253 g/mol. The second kappa shape index (κ2) is 4.12. The minimum atomic E-state index is -1.20. The smallest absolute Gasteiger partial charge is 0.132 e. The fourth-order valence-electron chi connectivity index (χ4n) is 3.58. The lowest BCUT2D eigenvalue weighted by atomic mass is 9.76. The van der Waals surface area contributed by atoms with Crippen molar-refractivity contribution in [1.29, 1.82) is 15.8 Å². The molecule has 0 aliphatic heterocycles. The molecule has 0 aromatic heterocycles. The third-order valence-electron chi connectivity index (χ3n) is 4.54. The number of hydrogen-bond donors (Lipinski definition) is 2. The Morgan fingerprint density at radius 3 is 2.32 bits per heavy atom. The third kappa shape index (κ3) is 1.24.